The third kappa shape index (κ3) is 5.55. The van der Waals surface area contributed by atoms with Crippen molar-refractivity contribution in [1.29, 1.82) is 0 Å². The predicted molar refractivity (Wildman–Crippen MR) is 104 cm³/mol. The highest BCUT2D eigenvalue weighted by Gasteiger charge is 2.15. The second-order valence-electron chi connectivity index (χ2n) is 6.31. The van der Waals surface area contributed by atoms with Gasteiger partial charge in [0, 0.05) is 32.6 Å². The van der Waals surface area contributed by atoms with E-state index in [9.17, 15) is 16.8 Å². The van der Waals surface area contributed by atoms with Crippen LogP contribution in [0.4, 0.5) is 5.69 Å². The van der Waals surface area contributed by atoms with Gasteiger partial charge in [-0.15, -0.1) is 0 Å². The van der Waals surface area contributed by atoms with E-state index in [0.29, 0.717) is 13.0 Å². The summed E-state index contributed by atoms with van der Waals surface area (Å²) in [4.78, 5) is 2.17. The highest BCUT2D eigenvalue weighted by atomic mass is 32.2. The lowest BCUT2D eigenvalue weighted by atomic mass is 10.1. The number of aryl methyl sites for hydroxylation is 1. The minimum Gasteiger partial charge on any atom is -0.378 e. The molecule has 0 amide bonds. The molecule has 26 heavy (non-hydrogen) atoms. The lowest BCUT2D eigenvalue weighted by Gasteiger charge is -2.12. The van der Waals surface area contributed by atoms with Crippen LogP contribution in [0.15, 0.2) is 58.3 Å². The van der Waals surface area contributed by atoms with Gasteiger partial charge in [0.1, 0.15) is 0 Å². The van der Waals surface area contributed by atoms with Crippen LogP contribution in [0.5, 0.6) is 0 Å². The molecule has 0 radical (unpaired) electrons. The van der Waals surface area contributed by atoms with Gasteiger partial charge < -0.3 is 4.90 Å². The maximum absolute atomic E-state index is 12.3. The Morgan fingerprint density at radius 2 is 1.38 bits per heavy atom. The fraction of sp³-hybridized carbons (Fsp3) is 0.333. The van der Waals surface area contributed by atoms with Gasteiger partial charge in [-0.3, -0.25) is 0 Å². The van der Waals surface area contributed by atoms with Gasteiger partial charge in [0.15, 0.2) is 9.84 Å². The average Bonchev–Trinajstić information content (AvgIpc) is 2.58. The van der Waals surface area contributed by atoms with Crippen LogP contribution in [-0.4, -0.2) is 43.7 Å². The molecular weight excluding hydrogens is 372 g/mol. The van der Waals surface area contributed by atoms with Gasteiger partial charge in [-0.2, -0.15) is 0 Å². The molecule has 142 valence electrons. The Kier molecular flexibility index (Phi) is 6.44. The first-order valence-electron chi connectivity index (χ1n) is 8.16. The Morgan fingerprint density at radius 1 is 0.846 bits per heavy atom. The lowest BCUT2D eigenvalue weighted by molar-refractivity contribution is 0.578. The molecule has 2 rings (SSSR count). The van der Waals surface area contributed by atoms with E-state index in [4.69, 9.17) is 0 Å². The average molecular weight is 397 g/mol. The molecule has 0 heterocycles. The lowest BCUT2D eigenvalue weighted by Crippen LogP contribution is -2.25. The second-order valence-corrected chi connectivity index (χ2v) is 10.1. The number of hydrogen-bond acceptors (Lipinski definition) is 5. The van der Waals surface area contributed by atoms with Gasteiger partial charge in [0.05, 0.1) is 9.79 Å². The summed E-state index contributed by atoms with van der Waals surface area (Å²) < 4.78 is 49.9. The van der Waals surface area contributed by atoms with Crippen molar-refractivity contribution < 1.29 is 16.8 Å². The van der Waals surface area contributed by atoms with Crippen LogP contribution in [0.3, 0.4) is 0 Å². The molecule has 0 atom stereocenters. The second kappa shape index (κ2) is 8.20. The number of anilines is 1. The zero-order chi connectivity index (χ0) is 19.4. The molecule has 6 nitrogen and oxygen atoms in total. The van der Waals surface area contributed by atoms with Crippen LogP contribution in [0, 0.1) is 0 Å². The van der Waals surface area contributed by atoms with E-state index in [2.05, 4.69) is 4.72 Å². The highest BCUT2D eigenvalue weighted by Crippen LogP contribution is 2.15. The van der Waals surface area contributed by atoms with Crippen LogP contribution in [0.25, 0.3) is 0 Å². The number of sulfonamides is 1. The van der Waals surface area contributed by atoms with Gasteiger partial charge in [0.2, 0.25) is 10.0 Å². The molecule has 0 saturated carbocycles. The van der Waals surface area contributed by atoms with Crippen LogP contribution in [0.1, 0.15) is 12.0 Å². The SMILES string of the molecule is CN(C)c1ccc(CCCNS(=O)(=O)c2ccc(S(C)(=O)=O)cc2)cc1. The summed E-state index contributed by atoms with van der Waals surface area (Å²) in [6.45, 7) is 0.311. The van der Waals surface area contributed by atoms with Crippen molar-refractivity contribution in [2.75, 3.05) is 31.8 Å². The number of rotatable bonds is 8. The van der Waals surface area contributed by atoms with E-state index < -0.39 is 19.9 Å². The fourth-order valence-electron chi connectivity index (χ4n) is 2.41. The maximum atomic E-state index is 12.3. The van der Waals surface area contributed by atoms with E-state index in [1.54, 1.807) is 0 Å². The molecule has 0 bridgehead atoms. The van der Waals surface area contributed by atoms with Crippen LogP contribution >= 0.6 is 0 Å². The molecule has 0 aromatic heterocycles. The number of hydrogen-bond donors (Lipinski definition) is 1. The number of nitrogens with one attached hydrogen (secondary N) is 1. The number of nitrogens with zero attached hydrogens (tertiary/aromatic N) is 1. The zero-order valence-corrected chi connectivity index (χ0v) is 16.8. The Morgan fingerprint density at radius 3 is 1.88 bits per heavy atom. The first kappa shape index (κ1) is 20.4. The van der Waals surface area contributed by atoms with Crippen molar-refractivity contribution in [2.45, 2.75) is 22.6 Å². The molecule has 0 aliphatic carbocycles. The van der Waals surface area contributed by atoms with E-state index in [1.165, 1.54) is 24.3 Å². The molecule has 0 unspecified atom stereocenters. The molecule has 0 spiro atoms. The molecule has 2 aromatic rings. The van der Waals surface area contributed by atoms with E-state index in [0.717, 1.165) is 23.9 Å². The Hall–Kier alpha value is -1.90. The first-order valence-corrected chi connectivity index (χ1v) is 11.5. The summed E-state index contributed by atoms with van der Waals surface area (Å²) >= 11 is 0. The predicted octanol–water partition coefficient (Wildman–Crippen LogP) is 2.07. The largest absolute Gasteiger partial charge is 0.378 e. The van der Waals surface area contributed by atoms with Crippen LogP contribution < -0.4 is 9.62 Å². The standard InChI is InChI=1S/C18H24N2O4S2/c1-20(2)16-8-6-15(7-9-16)5-4-14-19-26(23,24)18-12-10-17(11-13-18)25(3,21)22/h6-13,19H,4-5,14H2,1-3H3. The summed E-state index contributed by atoms with van der Waals surface area (Å²) in [5.74, 6) is 0. The zero-order valence-electron chi connectivity index (χ0n) is 15.1. The molecule has 0 fully saturated rings. The topological polar surface area (TPSA) is 83.6 Å². The smallest absolute Gasteiger partial charge is 0.240 e. The Bertz CT molecular complexity index is 934. The van der Waals surface area contributed by atoms with E-state index in [1.807, 2.05) is 43.3 Å². The van der Waals surface area contributed by atoms with E-state index >= 15 is 0 Å². The van der Waals surface area contributed by atoms with Gasteiger partial charge >= 0.3 is 0 Å². The first-order chi connectivity index (χ1) is 12.1. The summed E-state index contributed by atoms with van der Waals surface area (Å²) in [6, 6.07) is 13.3. The third-order valence-electron chi connectivity index (χ3n) is 3.95. The third-order valence-corrected chi connectivity index (χ3v) is 6.55. The quantitative estimate of drug-likeness (QED) is 0.691. The monoisotopic (exact) mass is 396 g/mol. The van der Waals surface area contributed by atoms with Crippen molar-refractivity contribution >= 4 is 25.5 Å². The normalized spacial score (nSPS) is 12.1. The fourth-order valence-corrected chi connectivity index (χ4v) is 4.11. The highest BCUT2D eigenvalue weighted by molar-refractivity contribution is 7.90. The van der Waals surface area contributed by atoms with Crippen molar-refractivity contribution in [3.8, 4) is 0 Å². The minimum atomic E-state index is -3.65. The van der Waals surface area contributed by atoms with Gasteiger partial charge in [0.25, 0.3) is 0 Å². The minimum absolute atomic E-state index is 0.0558. The van der Waals surface area contributed by atoms with Crippen LogP contribution in [0.2, 0.25) is 0 Å². The van der Waals surface area contributed by atoms with Gasteiger partial charge in [-0.05, 0) is 54.8 Å². The number of sulfone groups is 1. The molecule has 0 saturated heterocycles. The summed E-state index contributed by atoms with van der Waals surface area (Å²) in [6.07, 6.45) is 2.52. The number of benzene rings is 2. The summed E-state index contributed by atoms with van der Waals surface area (Å²) in [5.41, 5.74) is 2.26. The van der Waals surface area contributed by atoms with Crippen molar-refractivity contribution in [1.82, 2.24) is 4.72 Å². The molecule has 2 aromatic carbocycles. The van der Waals surface area contributed by atoms with E-state index in [-0.39, 0.29) is 9.79 Å². The molecular formula is C18H24N2O4S2. The van der Waals surface area contributed by atoms with Crippen molar-refractivity contribution in [2.24, 2.45) is 0 Å². The van der Waals surface area contributed by atoms with Crippen molar-refractivity contribution in [3.63, 3.8) is 0 Å². The summed E-state index contributed by atoms with van der Waals surface area (Å²) in [7, 11) is -3.03. The summed E-state index contributed by atoms with van der Waals surface area (Å²) in [5, 5.41) is 0. The van der Waals surface area contributed by atoms with Crippen LogP contribution in [-0.2, 0) is 26.3 Å². The van der Waals surface area contributed by atoms with Gasteiger partial charge in [-0.25, -0.2) is 21.6 Å². The van der Waals surface area contributed by atoms with Gasteiger partial charge in [-0.1, -0.05) is 12.1 Å². The van der Waals surface area contributed by atoms with Crippen molar-refractivity contribution in [3.05, 3.63) is 54.1 Å². The molecule has 8 heteroatoms. The molecule has 1 N–H and O–H groups in total. The Balaban J connectivity index is 1.90. The molecule has 0 aliphatic heterocycles. The molecule has 0 aliphatic rings. The maximum Gasteiger partial charge on any atom is 0.240 e. The Labute approximate surface area is 155 Å².